The van der Waals surface area contributed by atoms with Crippen LogP contribution in [0.3, 0.4) is 0 Å². The van der Waals surface area contributed by atoms with Gasteiger partial charge in [-0.3, -0.25) is 13.9 Å². The van der Waals surface area contributed by atoms with Crippen LogP contribution < -0.4 is 22.3 Å². The van der Waals surface area contributed by atoms with Gasteiger partial charge in [0.15, 0.2) is 0 Å². The Balaban J connectivity index is 2.84. The molecule has 7 heteroatoms. The molecule has 0 aliphatic rings. The molecule has 0 radical (unpaired) electrons. The Kier molecular flexibility index (Phi) is 6.74. The monoisotopic (exact) mass is 296 g/mol. The molecule has 3 N–H and O–H groups in total. The summed E-state index contributed by atoms with van der Waals surface area (Å²) in [5.41, 5.74) is 5.37. The van der Waals surface area contributed by atoms with Crippen LogP contribution in [-0.4, -0.2) is 28.9 Å². The van der Waals surface area contributed by atoms with Crippen LogP contribution in [-0.2, 0) is 18.3 Å². The van der Waals surface area contributed by atoms with Gasteiger partial charge in [0.25, 0.3) is 5.56 Å². The Labute approximate surface area is 124 Å². The number of hydrogen-bond acceptors (Lipinski definition) is 5. The van der Waals surface area contributed by atoms with E-state index in [0.717, 1.165) is 17.4 Å². The second kappa shape index (κ2) is 8.31. The van der Waals surface area contributed by atoms with E-state index in [-0.39, 0.29) is 11.5 Å². The van der Waals surface area contributed by atoms with E-state index in [9.17, 15) is 9.59 Å². The molecule has 7 nitrogen and oxygen atoms in total. The highest BCUT2D eigenvalue weighted by atomic mass is 16.5. The minimum atomic E-state index is -0.420. The molecule has 0 atom stereocenters. The highest BCUT2D eigenvalue weighted by Crippen LogP contribution is 2.10. The summed E-state index contributed by atoms with van der Waals surface area (Å²) in [7, 11) is 1.45. The summed E-state index contributed by atoms with van der Waals surface area (Å²) in [6.45, 7) is 7.51. The van der Waals surface area contributed by atoms with Crippen molar-refractivity contribution in [3.8, 4) is 0 Å². The number of nitrogens with two attached hydrogens (primary N) is 1. The third-order valence-electron chi connectivity index (χ3n) is 3.04. The average molecular weight is 296 g/mol. The zero-order valence-corrected chi connectivity index (χ0v) is 12.7. The number of aromatic nitrogens is 2. The fourth-order valence-corrected chi connectivity index (χ4v) is 1.91. The molecule has 0 fully saturated rings. The Morgan fingerprint density at radius 3 is 2.71 bits per heavy atom. The van der Waals surface area contributed by atoms with E-state index in [1.165, 1.54) is 11.6 Å². The summed E-state index contributed by atoms with van der Waals surface area (Å²) in [5.74, 6) is 0.177. The molecule has 1 aromatic rings. The largest absolute Gasteiger partial charge is 0.383 e. The standard InChI is InChI=1S/C14H24N4O3/c1-4-6-9-21-10-7-16-11-12(15)18(8-5-2)14(20)17(3)13(11)19/h4,16H,1,5-10,15H2,2-3H3. The Hall–Kier alpha value is -2.02. The number of nitrogens with zero attached hydrogens (tertiary/aromatic N) is 2. The molecular weight excluding hydrogens is 272 g/mol. The van der Waals surface area contributed by atoms with Gasteiger partial charge in [-0.15, -0.1) is 6.58 Å². The quantitative estimate of drug-likeness (QED) is 0.513. The number of nitrogens with one attached hydrogen (secondary N) is 1. The maximum atomic E-state index is 12.1. The highest BCUT2D eigenvalue weighted by molar-refractivity contribution is 5.60. The van der Waals surface area contributed by atoms with E-state index in [1.54, 1.807) is 6.08 Å². The van der Waals surface area contributed by atoms with Crippen LogP contribution in [0.4, 0.5) is 11.5 Å². The number of hydrogen-bond donors (Lipinski definition) is 2. The molecule has 0 saturated carbocycles. The van der Waals surface area contributed by atoms with E-state index < -0.39 is 11.2 Å². The fraction of sp³-hybridized carbons (Fsp3) is 0.571. The maximum Gasteiger partial charge on any atom is 0.332 e. The molecule has 0 aromatic carbocycles. The van der Waals surface area contributed by atoms with Crippen molar-refractivity contribution in [1.82, 2.24) is 9.13 Å². The molecule has 1 rings (SSSR count). The van der Waals surface area contributed by atoms with Gasteiger partial charge in [-0.05, 0) is 12.8 Å². The minimum Gasteiger partial charge on any atom is -0.383 e. The van der Waals surface area contributed by atoms with Gasteiger partial charge in [-0.25, -0.2) is 4.79 Å². The molecule has 0 saturated heterocycles. The molecule has 1 aromatic heterocycles. The van der Waals surface area contributed by atoms with Crippen LogP contribution >= 0.6 is 0 Å². The van der Waals surface area contributed by atoms with Gasteiger partial charge in [-0.2, -0.15) is 0 Å². The third-order valence-corrected chi connectivity index (χ3v) is 3.04. The molecule has 0 aliphatic carbocycles. The first-order chi connectivity index (χ1) is 10.0. The fourth-order valence-electron chi connectivity index (χ4n) is 1.91. The van der Waals surface area contributed by atoms with Crippen LogP contribution in [0.15, 0.2) is 22.2 Å². The first-order valence-corrected chi connectivity index (χ1v) is 7.06. The first kappa shape index (κ1) is 17.0. The maximum absolute atomic E-state index is 12.1. The van der Waals surface area contributed by atoms with E-state index in [4.69, 9.17) is 10.5 Å². The zero-order valence-electron chi connectivity index (χ0n) is 12.7. The van der Waals surface area contributed by atoms with Crippen molar-refractivity contribution in [2.75, 3.05) is 30.8 Å². The topological polar surface area (TPSA) is 91.3 Å². The SMILES string of the molecule is C=CCCOCCNc1c(N)n(CCC)c(=O)n(C)c1=O. The van der Waals surface area contributed by atoms with Gasteiger partial charge in [0.1, 0.15) is 11.5 Å². The number of anilines is 2. The molecule has 0 spiro atoms. The summed E-state index contributed by atoms with van der Waals surface area (Å²) in [6.07, 6.45) is 3.32. The molecule has 0 bridgehead atoms. The van der Waals surface area contributed by atoms with Gasteiger partial charge < -0.3 is 15.8 Å². The number of rotatable bonds is 9. The minimum absolute atomic E-state index is 0.177. The summed E-state index contributed by atoms with van der Waals surface area (Å²) in [5, 5.41) is 2.96. The van der Waals surface area contributed by atoms with Crippen LogP contribution in [0, 0.1) is 0 Å². The average Bonchev–Trinajstić information content (AvgIpc) is 2.48. The highest BCUT2D eigenvalue weighted by Gasteiger charge is 2.14. The van der Waals surface area contributed by atoms with Crippen LogP contribution in [0.1, 0.15) is 19.8 Å². The van der Waals surface area contributed by atoms with Crippen molar-refractivity contribution in [2.24, 2.45) is 7.05 Å². The van der Waals surface area contributed by atoms with E-state index in [0.29, 0.717) is 26.3 Å². The van der Waals surface area contributed by atoms with Gasteiger partial charge in [0, 0.05) is 20.1 Å². The van der Waals surface area contributed by atoms with Crippen molar-refractivity contribution in [3.63, 3.8) is 0 Å². The van der Waals surface area contributed by atoms with Crippen molar-refractivity contribution >= 4 is 11.5 Å². The number of nitrogen functional groups attached to an aromatic ring is 1. The lowest BCUT2D eigenvalue weighted by Gasteiger charge is -2.15. The molecule has 21 heavy (non-hydrogen) atoms. The lowest BCUT2D eigenvalue weighted by molar-refractivity contribution is 0.149. The van der Waals surface area contributed by atoms with Crippen molar-refractivity contribution < 1.29 is 4.74 Å². The van der Waals surface area contributed by atoms with Gasteiger partial charge >= 0.3 is 5.69 Å². The Bertz CT molecular complexity index is 589. The van der Waals surface area contributed by atoms with E-state index in [2.05, 4.69) is 11.9 Å². The van der Waals surface area contributed by atoms with Crippen LogP contribution in [0.2, 0.25) is 0 Å². The summed E-state index contributed by atoms with van der Waals surface area (Å²) in [6, 6.07) is 0. The lowest BCUT2D eigenvalue weighted by atomic mass is 10.4. The smallest absolute Gasteiger partial charge is 0.332 e. The molecular formula is C14H24N4O3. The molecule has 0 aliphatic heterocycles. The first-order valence-electron chi connectivity index (χ1n) is 7.06. The second-order valence-corrected chi connectivity index (χ2v) is 4.68. The molecule has 1 heterocycles. The van der Waals surface area contributed by atoms with E-state index in [1.807, 2.05) is 6.92 Å². The Morgan fingerprint density at radius 1 is 1.38 bits per heavy atom. The van der Waals surface area contributed by atoms with Crippen molar-refractivity contribution in [1.29, 1.82) is 0 Å². The summed E-state index contributed by atoms with van der Waals surface area (Å²) >= 11 is 0. The van der Waals surface area contributed by atoms with Crippen LogP contribution in [0.5, 0.6) is 0 Å². The lowest BCUT2D eigenvalue weighted by Crippen LogP contribution is -2.41. The van der Waals surface area contributed by atoms with Gasteiger partial charge in [0.2, 0.25) is 0 Å². The van der Waals surface area contributed by atoms with Gasteiger partial charge in [0.05, 0.1) is 13.2 Å². The predicted molar refractivity (Wildman–Crippen MR) is 84.8 cm³/mol. The van der Waals surface area contributed by atoms with Gasteiger partial charge in [-0.1, -0.05) is 13.0 Å². The summed E-state index contributed by atoms with van der Waals surface area (Å²) < 4.78 is 7.82. The molecule has 0 amide bonds. The summed E-state index contributed by atoms with van der Waals surface area (Å²) in [4.78, 5) is 24.1. The zero-order chi connectivity index (χ0) is 15.8. The molecule has 118 valence electrons. The third kappa shape index (κ3) is 4.22. The second-order valence-electron chi connectivity index (χ2n) is 4.68. The Morgan fingerprint density at radius 2 is 2.10 bits per heavy atom. The predicted octanol–water partition coefficient (Wildman–Crippen LogP) is 0.544. The van der Waals surface area contributed by atoms with E-state index >= 15 is 0 Å². The normalized spacial score (nSPS) is 10.6. The number of ether oxygens (including phenoxy) is 1. The van der Waals surface area contributed by atoms with Crippen molar-refractivity contribution in [2.45, 2.75) is 26.3 Å². The van der Waals surface area contributed by atoms with Crippen molar-refractivity contribution in [3.05, 3.63) is 33.5 Å². The molecule has 0 unspecified atom stereocenters. The van der Waals surface area contributed by atoms with Crippen LogP contribution in [0.25, 0.3) is 0 Å².